The number of fused-ring (bicyclic) bond motifs is 2. The number of nitrogens with zero attached hydrogens (tertiary/aromatic N) is 1. The summed E-state index contributed by atoms with van der Waals surface area (Å²) in [6.45, 7) is 5.03. The van der Waals surface area contributed by atoms with Gasteiger partial charge in [-0.25, -0.2) is 0 Å². The molecule has 7 heteroatoms. The van der Waals surface area contributed by atoms with Gasteiger partial charge in [-0.1, -0.05) is 49.2 Å². The average Bonchev–Trinajstić information content (AvgIpc) is 3.18. The van der Waals surface area contributed by atoms with Crippen LogP contribution in [0.15, 0.2) is 75.9 Å². The van der Waals surface area contributed by atoms with Crippen LogP contribution in [0, 0.1) is 0 Å². The molecule has 1 aromatic heterocycles. The molecule has 4 aromatic rings. The highest BCUT2D eigenvalue weighted by Crippen LogP contribution is 2.43. The molecule has 0 saturated carbocycles. The standard InChI is InChI=1S/C29H26ClNO5/c1-3-5-15-35-23-13-11-18(16-24(23)34-4-2)26-25-27(32)21-17-19(30)12-14-22(21)36-28(25)29(33)31(26)20-9-7-6-8-10-20/h6-14,16-17,26H,3-5,15H2,1-2H3. The lowest BCUT2D eigenvalue weighted by molar-refractivity contribution is 0.0971. The number of halogens is 1. The lowest BCUT2D eigenvalue weighted by Gasteiger charge is -2.26. The first-order chi connectivity index (χ1) is 17.5. The molecule has 0 radical (unpaired) electrons. The number of anilines is 1. The Kier molecular flexibility index (Phi) is 6.70. The Balaban J connectivity index is 1.71. The van der Waals surface area contributed by atoms with Crippen molar-refractivity contribution in [1.29, 1.82) is 0 Å². The Bertz CT molecular complexity index is 1480. The maximum atomic E-state index is 13.8. The van der Waals surface area contributed by atoms with Crippen molar-refractivity contribution in [2.75, 3.05) is 18.1 Å². The van der Waals surface area contributed by atoms with Crippen molar-refractivity contribution in [1.82, 2.24) is 0 Å². The Hall–Kier alpha value is -3.77. The van der Waals surface area contributed by atoms with Crippen molar-refractivity contribution in [3.05, 3.63) is 98.9 Å². The van der Waals surface area contributed by atoms with Gasteiger partial charge in [0.2, 0.25) is 5.76 Å². The van der Waals surface area contributed by atoms with Crippen LogP contribution < -0.4 is 19.8 Å². The van der Waals surface area contributed by atoms with E-state index in [1.54, 1.807) is 23.1 Å². The summed E-state index contributed by atoms with van der Waals surface area (Å²) >= 11 is 6.18. The second-order valence-electron chi connectivity index (χ2n) is 8.57. The van der Waals surface area contributed by atoms with Crippen LogP contribution >= 0.6 is 11.6 Å². The van der Waals surface area contributed by atoms with Gasteiger partial charge in [0, 0.05) is 10.7 Å². The molecule has 5 rings (SSSR count). The van der Waals surface area contributed by atoms with E-state index < -0.39 is 6.04 Å². The molecule has 1 unspecified atom stereocenters. The number of amides is 1. The Morgan fingerprint density at radius 3 is 2.50 bits per heavy atom. The van der Waals surface area contributed by atoms with Crippen LogP contribution in [0.3, 0.4) is 0 Å². The number of benzene rings is 3. The van der Waals surface area contributed by atoms with Gasteiger partial charge in [0.15, 0.2) is 16.9 Å². The van der Waals surface area contributed by atoms with Gasteiger partial charge >= 0.3 is 0 Å². The fourth-order valence-electron chi connectivity index (χ4n) is 4.52. The van der Waals surface area contributed by atoms with E-state index in [0.717, 1.165) is 12.8 Å². The number of carbonyl (C=O) groups is 1. The van der Waals surface area contributed by atoms with Crippen LogP contribution in [-0.4, -0.2) is 19.1 Å². The number of hydrogen-bond acceptors (Lipinski definition) is 5. The number of rotatable bonds is 8. The van der Waals surface area contributed by atoms with Gasteiger partial charge in [-0.2, -0.15) is 0 Å². The van der Waals surface area contributed by atoms with Crippen molar-refractivity contribution >= 4 is 34.2 Å². The summed E-state index contributed by atoms with van der Waals surface area (Å²) < 4.78 is 17.9. The summed E-state index contributed by atoms with van der Waals surface area (Å²) in [4.78, 5) is 29.1. The molecule has 1 amide bonds. The number of unbranched alkanes of at least 4 members (excludes halogenated alkanes) is 1. The summed E-state index contributed by atoms with van der Waals surface area (Å²) in [6, 6.07) is 18.9. The van der Waals surface area contributed by atoms with Crippen molar-refractivity contribution < 1.29 is 18.7 Å². The highest BCUT2D eigenvalue weighted by atomic mass is 35.5. The van der Waals surface area contributed by atoms with Crippen molar-refractivity contribution in [2.24, 2.45) is 0 Å². The Morgan fingerprint density at radius 2 is 1.75 bits per heavy atom. The quantitative estimate of drug-likeness (QED) is 0.248. The molecule has 1 aliphatic heterocycles. The minimum absolute atomic E-state index is 0.0323. The highest BCUT2D eigenvalue weighted by Gasteiger charge is 2.44. The number of para-hydroxylation sites is 1. The normalized spacial score (nSPS) is 14.8. The molecule has 0 aliphatic carbocycles. The molecule has 184 valence electrons. The monoisotopic (exact) mass is 503 g/mol. The summed E-state index contributed by atoms with van der Waals surface area (Å²) in [5.74, 6) is 0.844. The average molecular weight is 504 g/mol. The minimum Gasteiger partial charge on any atom is -0.490 e. The van der Waals surface area contributed by atoms with E-state index in [0.29, 0.717) is 52.0 Å². The van der Waals surface area contributed by atoms with Gasteiger partial charge in [0.25, 0.3) is 5.91 Å². The van der Waals surface area contributed by atoms with Crippen LogP contribution in [0.1, 0.15) is 54.4 Å². The van der Waals surface area contributed by atoms with Gasteiger partial charge in [0.05, 0.1) is 30.2 Å². The molecule has 6 nitrogen and oxygen atoms in total. The van der Waals surface area contributed by atoms with E-state index in [1.165, 1.54) is 0 Å². The molecule has 3 aromatic carbocycles. The molecule has 1 aliphatic rings. The largest absolute Gasteiger partial charge is 0.490 e. The molecule has 0 fully saturated rings. The highest BCUT2D eigenvalue weighted by molar-refractivity contribution is 6.31. The maximum absolute atomic E-state index is 13.8. The zero-order chi connectivity index (χ0) is 25.2. The molecule has 0 saturated heterocycles. The smallest absolute Gasteiger partial charge is 0.295 e. The first-order valence-electron chi connectivity index (χ1n) is 12.1. The van der Waals surface area contributed by atoms with Gasteiger partial charge in [-0.15, -0.1) is 0 Å². The summed E-state index contributed by atoms with van der Waals surface area (Å²) in [6.07, 6.45) is 1.94. The van der Waals surface area contributed by atoms with Crippen LogP contribution in [0.4, 0.5) is 5.69 Å². The lowest BCUT2D eigenvalue weighted by atomic mass is 9.97. The molecule has 0 bridgehead atoms. The fraction of sp³-hybridized carbons (Fsp3) is 0.241. The number of carbonyl (C=O) groups excluding carboxylic acids is 1. The summed E-state index contributed by atoms with van der Waals surface area (Å²) in [7, 11) is 0. The molecular weight excluding hydrogens is 478 g/mol. The third-order valence-corrected chi connectivity index (χ3v) is 6.44. The summed E-state index contributed by atoms with van der Waals surface area (Å²) in [5, 5.41) is 0.751. The van der Waals surface area contributed by atoms with E-state index >= 15 is 0 Å². The third kappa shape index (κ3) is 4.22. The third-order valence-electron chi connectivity index (χ3n) is 6.21. The maximum Gasteiger partial charge on any atom is 0.295 e. The van der Waals surface area contributed by atoms with Crippen LogP contribution in [-0.2, 0) is 0 Å². The SMILES string of the molecule is CCCCOc1ccc(C2c3c(oc4ccc(Cl)cc4c3=O)C(=O)N2c2ccccc2)cc1OCC. The number of ether oxygens (including phenoxy) is 2. The second-order valence-corrected chi connectivity index (χ2v) is 9.01. The number of hydrogen-bond donors (Lipinski definition) is 0. The van der Waals surface area contributed by atoms with Crippen molar-refractivity contribution in [3.63, 3.8) is 0 Å². The molecule has 1 atom stereocenters. The second kappa shape index (κ2) is 10.1. The van der Waals surface area contributed by atoms with E-state index in [2.05, 4.69) is 6.92 Å². The lowest BCUT2D eigenvalue weighted by Crippen LogP contribution is -2.29. The van der Waals surface area contributed by atoms with E-state index in [1.807, 2.05) is 55.5 Å². The van der Waals surface area contributed by atoms with Gasteiger partial charge in [-0.3, -0.25) is 14.5 Å². The molecule has 2 heterocycles. The predicted octanol–water partition coefficient (Wildman–Crippen LogP) is 6.77. The first-order valence-corrected chi connectivity index (χ1v) is 12.5. The topological polar surface area (TPSA) is 69.0 Å². The molecule has 0 spiro atoms. The summed E-state index contributed by atoms with van der Waals surface area (Å²) in [5.41, 5.74) is 1.68. The first kappa shape index (κ1) is 23.9. The van der Waals surface area contributed by atoms with E-state index in [4.69, 9.17) is 25.5 Å². The van der Waals surface area contributed by atoms with Crippen LogP contribution in [0.5, 0.6) is 11.5 Å². The van der Waals surface area contributed by atoms with E-state index in [9.17, 15) is 9.59 Å². The molecular formula is C29H26ClNO5. The Labute approximate surface area is 214 Å². The Morgan fingerprint density at radius 1 is 0.944 bits per heavy atom. The van der Waals surface area contributed by atoms with E-state index in [-0.39, 0.29) is 22.7 Å². The van der Waals surface area contributed by atoms with Crippen molar-refractivity contribution in [2.45, 2.75) is 32.7 Å². The predicted molar refractivity (Wildman–Crippen MR) is 141 cm³/mol. The zero-order valence-corrected chi connectivity index (χ0v) is 20.9. The minimum atomic E-state index is -0.710. The zero-order valence-electron chi connectivity index (χ0n) is 20.1. The molecule has 36 heavy (non-hydrogen) atoms. The van der Waals surface area contributed by atoms with Crippen LogP contribution in [0.2, 0.25) is 5.02 Å². The van der Waals surface area contributed by atoms with Crippen LogP contribution in [0.25, 0.3) is 11.0 Å². The van der Waals surface area contributed by atoms with Crippen molar-refractivity contribution in [3.8, 4) is 11.5 Å². The van der Waals surface area contributed by atoms with Gasteiger partial charge < -0.3 is 13.9 Å². The molecule has 0 N–H and O–H groups in total. The van der Waals surface area contributed by atoms with Gasteiger partial charge in [0.1, 0.15) is 5.58 Å². The van der Waals surface area contributed by atoms with Gasteiger partial charge in [-0.05, 0) is 61.4 Å². The fourth-order valence-corrected chi connectivity index (χ4v) is 4.70.